The SMILES string of the molecule is NCCc1cc(Cl)ccc1OCC(=O)NCC(F)(F)F. The van der Waals surface area contributed by atoms with Crippen molar-refractivity contribution in [3.63, 3.8) is 0 Å². The third-order valence-electron chi connectivity index (χ3n) is 2.28. The quantitative estimate of drug-likeness (QED) is 0.843. The van der Waals surface area contributed by atoms with Gasteiger partial charge in [0.05, 0.1) is 0 Å². The van der Waals surface area contributed by atoms with Gasteiger partial charge in [-0.3, -0.25) is 4.79 Å². The van der Waals surface area contributed by atoms with Gasteiger partial charge in [-0.2, -0.15) is 13.2 Å². The van der Waals surface area contributed by atoms with Crippen LogP contribution in [0.15, 0.2) is 18.2 Å². The molecule has 0 saturated carbocycles. The van der Waals surface area contributed by atoms with Crippen molar-refractivity contribution in [2.45, 2.75) is 12.6 Å². The summed E-state index contributed by atoms with van der Waals surface area (Å²) in [6.07, 6.45) is -3.96. The summed E-state index contributed by atoms with van der Waals surface area (Å²) < 4.78 is 40.9. The van der Waals surface area contributed by atoms with Gasteiger partial charge in [-0.25, -0.2) is 0 Å². The minimum Gasteiger partial charge on any atom is -0.483 e. The van der Waals surface area contributed by atoms with Crippen LogP contribution in [0, 0.1) is 0 Å². The van der Waals surface area contributed by atoms with Crippen molar-refractivity contribution in [1.29, 1.82) is 0 Å². The van der Waals surface area contributed by atoms with Crippen LogP contribution in [-0.2, 0) is 11.2 Å². The first-order chi connectivity index (χ1) is 9.31. The predicted octanol–water partition coefficient (Wildman–Crippen LogP) is 1.90. The van der Waals surface area contributed by atoms with E-state index in [-0.39, 0.29) is 0 Å². The Kier molecular flexibility index (Phi) is 6.09. The average molecular weight is 311 g/mol. The molecule has 4 nitrogen and oxygen atoms in total. The van der Waals surface area contributed by atoms with Crippen LogP contribution < -0.4 is 15.8 Å². The highest BCUT2D eigenvalue weighted by Gasteiger charge is 2.27. The second kappa shape index (κ2) is 7.35. The van der Waals surface area contributed by atoms with Gasteiger partial charge < -0.3 is 15.8 Å². The van der Waals surface area contributed by atoms with Crippen molar-refractivity contribution in [1.82, 2.24) is 5.32 Å². The Bertz CT molecular complexity index is 467. The number of benzene rings is 1. The van der Waals surface area contributed by atoms with E-state index in [9.17, 15) is 18.0 Å². The van der Waals surface area contributed by atoms with Gasteiger partial charge in [0, 0.05) is 5.02 Å². The zero-order chi connectivity index (χ0) is 15.2. The molecule has 0 fully saturated rings. The molecule has 0 saturated heterocycles. The summed E-state index contributed by atoms with van der Waals surface area (Å²) in [5.41, 5.74) is 6.13. The van der Waals surface area contributed by atoms with Crippen LogP contribution in [0.25, 0.3) is 0 Å². The van der Waals surface area contributed by atoms with E-state index in [4.69, 9.17) is 22.1 Å². The first kappa shape index (κ1) is 16.6. The number of alkyl halides is 3. The van der Waals surface area contributed by atoms with E-state index in [0.717, 1.165) is 0 Å². The maximum absolute atomic E-state index is 11.9. The van der Waals surface area contributed by atoms with Crippen molar-refractivity contribution in [3.8, 4) is 5.75 Å². The van der Waals surface area contributed by atoms with Gasteiger partial charge in [0.15, 0.2) is 6.61 Å². The van der Waals surface area contributed by atoms with Crippen LogP contribution in [-0.4, -0.2) is 31.8 Å². The normalized spacial score (nSPS) is 11.2. The third-order valence-corrected chi connectivity index (χ3v) is 2.52. The second-order valence-electron chi connectivity index (χ2n) is 3.97. The molecule has 0 radical (unpaired) electrons. The lowest BCUT2D eigenvalue weighted by Gasteiger charge is -2.12. The van der Waals surface area contributed by atoms with Crippen molar-refractivity contribution >= 4 is 17.5 Å². The molecule has 8 heteroatoms. The van der Waals surface area contributed by atoms with E-state index in [1.165, 1.54) is 0 Å². The number of carbonyl (C=O) groups is 1. The number of hydrogen-bond acceptors (Lipinski definition) is 3. The Morgan fingerprint density at radius 1 is 1.40 bits per heavy atom. The molecule has 20 heavy (non-hydrogen) atoms. The maximum atomic E-state index is 11.9. The molecule has 3 N–H and O–H groups in total. The Morgan fingerprint density at radius 3 is 2.70 bits per heavy atom. The second-order valence-corrected chi connectivity index (χ2v) is 4.41. The molecule has 0 aromatic heterocycles. The number of hydrogen-bond donors (Lipinski definition) is 2. The molecular weight excluding hydrogens is 297 g/mol. The Morgan fingerprint density at radius 2 is 2.10 bits per heavy atom. The summed E-state index contributed by atoms with van der Waals surface area (Å²) in [5, 5.41) is 2.20. The lowest BCUT2D eigenvalue weighted by molar-refractivity contribution is -0.139. The van der Waals surface area contributed by atoms with E-state index in [1.54, 1.807) is 23.5 Å². The summed E-state index contributed by atoms with van der Waals surface area (Å²) in [7, 11) is 0. The summed E-state index contributed by atoms with van der Waals surface area (Å²) in [5.74, 6) is -0.474. The molecule has 0 heterocycles. The van der Waals surface area contributed by atoms with E-state index in [0.29, 0.717) is 29.3 Å². The average Bonchev–Trinajstić information content (AvgIpc) is 2.35. The van der Waals surface area contributed by atoms with Crippen molar-refractivity contribution in [3.05, 3.63) is 28.8 Å². The van der Waals surface area contributed by atoms with Gasteiger partial charge in [0.25, 0.3) is 5.91 Å². The van der Waals surface area contributed by atoms with E-state index in [1.807, 2.05) is 0 Å². The first-order valence-electron chi connectivity index (χ1n) is 5.76. The molecule has 1 amide bonds. The fourth-order valence-electron chi connectivity index (χ4n) is 1.43. The predicted molar refractivity (Wildman–Crippen MR) is 68.8 cm³/mol. The molecule has 0 unspecified atom stereocenters. The number of ether oxygens (including phenoxy) is 1. The van der Waals surface area contributed by atoms with Gasteiger partial charge in [-0.1, -0.05) is 11.6 Å². The zero-order valence-electron chi connectivity index (χ0n) is 10.5. The van der Waals surface area contributed by atoms with Crippen LogP contribution >= 0.6 is 11.6 Å². The molecule has 0 spiro atoms. The van der Waals surface area contributed by atoms with Crippen LogP contribution in [0.2, 0.25) is 5.02 Å². The fraction of sp³-hybridized carbons (Fsp3) is 0.417. The van der Waals surface area contributed by atoms with Gasteiger partial charge in [-0.15, -0.1) is 0 Å². The van der Waals surface area contributed by atoms with Crippen LogP contribution in [0.3, 0.4) is 0 Å². The van der Waals surface area contributed by atoms with Gasteiger partial charge in [0.2, 0.25) is 0 Å². The van der Waals surface area contributed by atoms with Crippen molar-refractivity contribution in [2.75, 3.05) is 19.7 Å². The number of halogens is 4. The summed E-state index contributed by atoms with van der Waals surface area (Å²) in [6.45, 7) is -1.53. The zero-order valence-corrected chi connectivity index (χ0v) is 11.2. The van der Waals surface area contributed by atoms with Gasteiger partial charge in [-0.05, 0) is 36.7 Å². The minimum atomic E-state index is -4.44. The van der Waals surface area contributed by atoms with Crippen molar-refractivity contribution < 1.29 is 22.7 Å². The van der Waals surface area contributed by atoms with E-state index < -0.39 is 25.2 Å². The Hall–Kier alpha value is -1.47. The molecule has 1 aromatic carbocycles. The molecular formula is C12H14ClF3N2O2. The first-order valence-corrected chi connectivity index (χ1v) is 6.14. The highest BCUT2D eigenvalue weighted by atomic mass is 35.5. The van der Waals surface area contributed by atoms with Crippen molar-refractivity contribution in [2.24, 2.45) is 5.73 Å². The minimum absolute atomic E-state index is 0.358. The van der Waals surface area contributed by atoms with Crippen LogP contribution in [0.5, 0.6) is 5.75 Å². The lowest BCUT2D eigenvalue weighted by Crippen LogP contribution is -2.36. The van der Waals surface area contributed by atoms with Gasteiger partial charge >= 0.3 is 6.18 Å². The Balaban J connectivity index is 2.54. The summed E-state index contributed by atoms with van der Waals surface area (Å²) >= 11 is 5.81. The number of nitrogens with two attached hydrogens (primary N) is 1. The highest BCUT2D eigenvalue weighted by Crippen LogP contribution is 2.23. The number of amides is 1. The van der Waals surface area contributed by atoms with Gasteiger partial charge in [0.1, 0.15) is 12.3 Å². The summed E-state index contributed by atoms with van der Waals surface area (Å²) in [4.78, 5) is 11.2. The molecule has 0 aliphatic carbocycles. The maximum Gasteiger partial charge on any atom is 0.405 e. The smallest absolute Gasteiger partial charge is 0.405 e. The lowest BCUT2D eigenvalue weighted by atomic mass is 10.1. The monoisotopic (exact) mass is 310 g/mol. The molecule has 0 aliphatic rings. The molecule has 1 aromatic rings. The number of nitrogens with one attached hydrogen (secondary N) is 1. The van der Waals surface area contributed by atoms with Crippen LogP contribution in [0.1, 0.15) is 5.56 Å². The topological polar surface area (TPSA) is 64.3 Å². The fourth-order valence-corrected chi connectivity index (χ4v) is 1.63. The number of rotatable bonds is 6. The standard InChI is InChI=1S/C12H14ClF3N2O2/c13-9-1-2-10(8(5-9)3-4-17)20-6-11(19)18-7-12(14,15)16/h1-2,5H,3-4,6-7,17H2,(H,18,19). The Labute approximate surface area is 119 Å². The molecule has 0 aliphatic heterocycles. The largest absolute Gasteiger partial charge is 0.483 e. The molecule has 0 bridgehead atoms. The highest BCUT2D eigenvalue weighted by molar-refractivity contribution is 6.30. The molecule has 1 rings (SSSR count). The molecule has 112 valence electrons. The molecule has 0 atom stereocenters. The third kappa shape index (κ3) is 6.12. The summed E-state index contributed by atoms with van der Waals surface area (Å²) in [6, 6.07) is 4.74. The number of carbonyl (C=O) groups excluding carboxylic acids is 1. The van der Waals surface area contributed by atoms with E-state index in [2.05, 4.69) is 0 Å². The van der Waals surface area contributed by atoms with E-state index >= 15 is 0 Å². The van der Waals surface area contributed by atoms with Crippen LogP contribution in [0.4, 0.5) is 13.2 Å².